The zero-order valence-electron chi connectivity index (χ0n) is 22.6. The molecule has 2 atom stereocenters. The number of thioether (sulfide) groups is 1. The second-order valence-electron chi connectivity index (χ2n) is 10.2. The molecule has 3 heterocycles. The van der Waals surface area contributed by atoms with Crippen molar-refractivity contribution in [1.82, 2.24) is 9.29 Å². The third kappa shape index (κ3) is 5.41. The molecule has 0 amide bonds. The number of aromatic nitrogens is 1. The Morgan fingerprint density at radius 1 is 1.10 bits per heavy atom. The fourth-order valence-electron chi connectivity index (χ4n) is 5.53. The van der Waals surface area contributed by atoms with E-state index in [0.29, 0.717) is 57.0 Å². The molecule has 1 saturated carbocycles. The van der Waals surface area contributed by atoms with E-state index in [1.807, 2.05) is 0 Å². The number of halogens is 2. The summed E-state index contributed by atoms with van der Waals surface area (Å²) in [5.74, 6) is 0.275. The molecule has 1 aromatic heterocycles. The fraction of sp³-hybridized carbons (Fsp3) is 0.379. The minimum Gasteiger partial charge on any atom is -0.493 e. The lowest BCUT2D eigenvalue weighted by Gasteiger charge is -2.26. The fourth-order valence-corrected chi connectivity index (χ4v) is 9.12. The molecule has 1 saturated heterocycles. The molecule has 2 fully saturated rings. The first-order valence-electron chi connectivity index (χ1n) is 13.5. The van der Waals surface area contributed by atoms with Crippen molar-refractivity contribution in [3.05, 3.63) is 76.0 Å². The molecule has 1 unspecified atom stereocenters. The van der Waals surface area contributed by atoms with Crippen molar-refractivity contribution in [2.75, 3.05) is 19.4 Å². The van der Waals surface area contributed by atoms with Crippen LogP contribution in [0.5, 0.6) is 17.2 Å². The molecule has 3 aromatic rings. The molecule has 6 rings (SSSR count). The molecular formula is C29H28Cl2N2O7S2. The van der Waals surface area contributed by atoms with E-state index in [4.69, 9.17) is 42.1 Å². The van der Waals surface area contributed by atoms with Gasteiger partial charge < -0.3 is 18.9 Å². The SMILES string of the molecule is COc1ccc(C(Cc2c(Cl)cncc2Cl)OC(=O)[C@@H]2SCCN2S(=O)(=O)c2ccccc2)c2c1OC1(CCCC1)O2. The molecule has 3 aliphatic rings. The first-order chi connectivity index (χ1) is 20.2. The van der Waals surface area contributed by atoms with Crippen LogP contribution < -0.4 is 14.2 Å². The smallest absolute Gasteiger partial charge is 0.335 e. The van der Waals surface area contributed by atoms with Crippen molar-refractivity contribution in [1.29, 1.82) is 0 Å². The lowest BCUT2D eigenvalue weighted by Crippen LogP contribution is -2.40. The molecule has 2 aliphatic heterocycles. The van der Waals surface area contributed by atoms with E-state index in [0.717, 1.165) is 12.8 Å². The monoisotopic (exact) mass is 650 g/mol. The summed E-state index contributed by atoms with van der Waals surface area (Å²) < 4.78 is 52.7. The van der Waals surface area contributed by atoms with Crippen LogP contribution in [0.1, 0.15) is 42.9 Å². The van der Waals surface area contributed by atoms with Gasteiger partial charge in [0, 0.05) is 49.5 Å². The van der Waals surface area contributed by atoms with Gasteiger partial charge in [0.15, 0.2) is 16.9 Å². The van der Waals surface area contributed by atoms with Crippen LogP contribution in [-0.4, -0.2) is 54.2 Å². The molecule has 1 aliphatic carbocycles. The Balaban J connectivity index is 1.37. The van der Waals surface area contributed by atoms with E-state index in [9.17, 15) is 13.2 Å². The molecule has 0 bridgehead atoms. The van der Waals surface area contributed by atoms with E-state index < -0.39 is 33.3 Å². The summed E-state index contributed by atoms with van der Waals surface area (Å²) in [5.41, 5.74) is 1.06. The topological polar surface area (TPSA) is 104 Å². The highest BCUT2D eigenvalue weighted by molar-refractivity contribution is 8.02. The maximum Gasteiger partial charge on any atom is 0.335 e. The summed E-state index contributed by atoms with van der Waals surface area (Å²) in [4.78, 5) is 18.0. The number of ether oxygens (including phenoxy) is 4. The molecule has 0 N–H and O–H groups in total. The number of hydrogen-bond donors (Lipinski definition) is 0. The van der Waals surface area contributed by atoms with Crippen molar-refractivity contribution in [3.63, 3.8) is 0 Å². The van der Waals surface area contributed by atoms with Crippen LogP contribution in [0.4, 0.5) is 0 Å². The Bertz CT molecular complexity index is 1580. The number of sulfonamides is 1. The largest absolute Gasteiger partial charge is 0.493 e. The molecule has 42 heavy (non-hydrogen) atoms. The number of esters is 1. The van der Waals surface area contributed by atoms with Gasteiger partial charge in [0.05, 0.1) is 22.1 Å². The third-order valence-electron chi connectivity index (χ3n) is 7.62. The van der Waals surface area contributed by atoms with Crippen LogP contribution in [-0.2, 0) is 26.0 Å². The zero-order valence-corrected chi connectivity index (χ0v) is 25.8. The number of pyridine rings is 1. The van der Waals surface area contributed by atoms with Crippen LogP contribution >= 0.6 is 35.0 Å². The average molecular weight is 652 g/mol. The van der Waals surface area contributed by atoms with Gasteiger partial charge in [0.1, 0.15) is 6.10 Å². The van der Waals surface area contributed by atoms with Gasteiger partial charge in [0.2, 0.25) is 15.8 Å². The van der Waals surface area contributed by atoms with Gasteiger partial charge in [-0.2, -0.15) is 4.31 Å². The van der Waals surface area contributed by atoms with Crippen molar-refractivity contribution in [2.45, 2.75) is 54.3 Å². The third-order valence-corrected chi connectivity index (χ3v) is 11.5. The summed E-state index contributed by atoms with van der Waals surface area (Å²) in [5, 5.41) is -0.464. The van der Waals surface area contributed by atoms with Gasteiger partial charge in [-0.3, -0.25) is 4.98 Å². The van der Waals surface area contributed by atoms with E-state index in [1.54, 1.807) is 37.4 Å². The van der Waals surface area contributed by atoms with Gasteiger partial charge >= 0.3 is 5.97 Å². The maximum absolute atomic E-state index is 13.8. The molecule has 0 radical (unpaired) electrons. The number of methoxy groups -OCH3 is 1. The van der Waals surface area contributed by atoms with Crippen LogP contribution in [0, 0.1) is 0 Å². The summed E-state index contributed by atoms with van der Waals surface area (Å²) in [6, 6.07) is 11.5. The Kier molecular flexibility index (Phi) is 8.23. The van der Waals surface area contributed by atoms with Gasteiger partial charge in [-0.15, -0.1) is 11.8 Å². The lowest BCUT2D eigenvalue weighted by atomic mass is 10.00. The molecule has 1 spiro atoms. The number of fused-ring (bicyclic) bond motifs is 1. The highest BCUT2D eigenvalue weighted by Crippen LogP contribution is 2.54. The Labute approximate surface area is 258 Å². The molecule has 13 heteroatoms. The summed E-state index contributed by atoms with van der Waals surface area (Å²) in [6.07, 6.45) is 5.40. The van der Waals surface area contributed by atoms with E-state index in [2.05, 4.69) is 4.98 Å². The normalized spacial score (nSPS) is 20.1. The summed E-state index contributed by atoms with van der Waals surface area (Å²) in [7, 11) is -2.39. The molecule has 9 nitrogen and oxygen atoms in total. The van der Waals surface area contributed by atoms with Crippen LogP contribution in [0.3, 0.4) is 0 Å². The van der Waals surface area contributed by atoms with E-state index >= 15 is 0 Å². The van der Waals surface area contributed by atoms with Gasteiger partial charge in [0.25, 0.3) is 5.79 Å². The Hall–Kier alpha value is -2.70. The molecule has 2 aromatic carbocycles. The first-order valence-corrected chi connectivity index (χ1v) is 16.7. The average Bonchev–Trinajstić information content (AvgIpc) is 3.75. The van der Waals surface area contributed by atoms with Crippen LogP contribution in [0.2, 0.25) is 10.0 Å². The quantitative estimate of drug-likeness (QED) is 0.270. The summed E-state index contributed by atoms with van der Waals surface area (Å²) >= 11 is 14.2. The zero-order chi connectivity index (χ0) is 29.5. The first kappa shape index (κ1) is 29.4. The number of carbonyl (C=O) groups excluding carboxylic acids is 1. The lowest BCUT2D eigenvalue weighted by molar-refractivity contribution is -0.150. The van der Waals surface area contributed by atoms with Crippen LogP contribution in [0.15, 0.2) is 59.8 Å². The molecular weight excluding hydrogens is 623 g/mol. The second-order valence-corrected chi connectivity index (χ2v) is 14.1. The minimum atomic E-state index is -3.94. The van der Waals surface area contributed by atoms with E-state index in [1.165, 1.54) is 40.6 Å². The highest BCUT2D eigenvalue weighted by atomic mass is 35.5. The Morgan fingerprint density at radius 2 is 1.79 bits per heavy atom. The minimum absolute atomic E-state index is 0.0872. The Morgan fingerprint density at radius 3 is 2.48 bits per heavy atom. The number of carbonyl (C=O) groups is 1. The van der Waals surface area contributed by atoms with Crippen LogP contribution in [0.25, 0.3) is 0 Å². The number of hydrogen-bond acceptors (Lipinski definition) is 9. The predicted octanol–water partition coefficient (Wildman–Crippen LogP) is 6.03. The van der Waals surface area contributed by atoms with Crippen molar-refractivity contribution >= 4 is 51.0 Å². The standard InChI is InChI=1S/C29H28Cl2N2O7S2/c1-37-23-10-9-19(25-26(23)40-29(39-25)11-5-6-12-29)24(15-20-21(30)16-32-17-22(20)31)38-28(34)27-33(13-14-41-27)42(35,36)18-7-3-2-4-8-18/h2-4,7-10,16-17,24,27H,5-6,11-15H2,1H3/t24?,27-/m0/s1. The predicted molar refractivity (Wildman–Crippen MR) is 159 cm³/mol. The summed E-state index contributed by atoms with van der Waals surface area (Å²) in [6.45, 7) is 0.172. The number of nitrogens with zero attached hydrogens (tertiary/aromatic N) is 2. The highest BCUT2D eigenvalue weighted by Gasteiger charge is 2.48. The van der Waals surface area contributed by atoms with Crippen molar-refractivity contribution < 1.29 is 32.2 Å². The van der Waals surface area contributed by atoms with Gasteiger partial charge in [-0.25, -0.2) is 13.2 Å². The van der Waals surface area contributed by atoms with E-state index in [-0.39, 0.29) is 17.9 Å². The van der Waals surface area contributed by atoms with Gasteiger partial charge in [-0.05, 0) is 42.7 Å². The number of rotatable bonds is 8. The van der Waals surface area contributed by atoms with Crippen molar-refractivity contribution in [3.8, 4) is 17.2 Å². The van der Waals surface area contributed by atoms with Gasteiger partial charge in [-0.1, -0.05) is 41.4 Å². The molecule has 222 valence electrons. The van der Waals surface area contributed by atoms with Crippen molar-refractivity contribution in [2.24, 2.45) is 0 Å². The maximum atomic E-state index is 13.8. The second kappa shape index (κ2) is 11.8. The number of benzene rings is 2.